The molecule has 174 valence electrons. The highest BCUT2D eigenvalue weighted by Crippen LogP contribution is 2.33. The molecule has 8 heteroatoms. The molecule has 3 aromatic rings. The maximum absolute atomic E-state index is 11.4. The number of carbonyl (C=O) groups is 1. The number of hydrogen-bond acceptors (Lipinski definition) is 6. The van der Waals surface area contributed by atoms with Crippen LogP contribution in [0.2, 0.25) is 5.02 Å². The van der Waals surface area contributed by atoms with Gasteiger partial charge in [0, 0.05) is 17.7 Å². The largest absolute Gasteiger partial charge is 0.489 e. The Kier molecular flexibility index (Phi) is 6.72. The van der Waals surface area contributed by atoms with Gasteiger partial charge in [0.25, 0.3) is 5.89 Å². The van der Waals surface area contributed by atoms with Crippen molar-refractivity contribution in [2.75, 3.05) is 13.1 Å². The summed E-state index contributed by atoms with van der Waals surface area (Å²) in [6.07, 6.45) is 1.37. The van der Waals surface area contributed by atoms with E-state index in [9.17, 15) is 9.90 Å². The lowest BCUT2D eigenvalue weighted by Crippen LogP contribution is -2.42. The summed E-state index contributed by atoms with van der Waals surface area (Å²) in [6.45, 7) is 8.08. The van der Waals surface area contributed by atoms with Crippen molar-refractivity contribution in [2.45, 2.75) is 46.3 Å². The average molecular weight is 470 g/mol. The van der Waals surface area contributed by atoms with E-state index < -0.39 is 11.4 Å². The highest BCUT2D eigenvalue weighted by Gasteiger charge is 2.36. The number of rotatable bonds is 7. The Morgan fingerprint density at radius 2 is 1.85 bits per heavy atom. The molecule has 4 rings (SSSR count). The van der Waals surface area contributed by atoms with Crippen molar-refractivity contribution >= 4 is 17.6 Å². The first kappa shape index (κ1) is 23.3. The zero-order valence-electron chi connectivity index (χ0n) is 19.0. The fraction of sp³-hybridized carbons (Fsp3) is 0.400. The standard InChI is InChI=1S/C25H28ClN3O4/c1-16(2)32-21-9-8-19(14-20(21)26)23-27-22(28-33-23)18-6-4-17(5-7-18)15-29-12-10-25(3,11-13-29)24(30)31/h4-9,14,16H,10-13,15H2,1-3H3,(H,30,31). The van der Waals surface area contributed by atoms with E-state index in [4.69, 9.17) is 20.9 Å². The Balaban J connectivity index is 1.40. The van der Waals surface area contributed by atoms with Crippen LogP contribution in [0.3, 0.4) is 0 Å². The Hall–Kier alpha value is -2.90. The molecule has 7 nitrogen and oxygen atoms in total. The second kappa shape index (κ2) is 9.53. The molecule has 0 aliphatic carbocycles. The normalized spacial score (nSPS) is 16.2. The van der Waals surface area contributed by atoms with Crippen LogP contribution in [-0.4, -0.2) is 45.3 Å². The second-order valence-electron chi connectivity index (χ2n) is 9.07. The van der Waals surface area contributed by atoms with E-state index in [1.165, 1.54) is 0 Å². The number of carboxylic acid groups (broad SMARTS) is 1. The number of aliphatic carboxylic acids is 1. The van der Waals surface area contributed by atoms with Gasteiger partial charge < -0.3 is 14.4 Å². The van der Waals surface area contributed by atoms with Gasteiger partial charge in [-0.05, 0) is 70.5 Å². The van der Waals surface area contributed by atoms with Crippen LogP contribution < -0.4 is 4.74 Å². The van der Waals surface area contributed by atoms with Crippen LogP contribution in [-0.2, 0) is 11.3 Å². The number of halogens is 1. The van der Waals surface area contributed by atoms with E-state index in [1.807, 2.05) is 51.1 Å². The average Bonchev–Trinajstić information content (AvgIpc) is 3.27. The van der Waals surface area contributed by atoms with E-state index in [0.29, 0.717) is 35.3 Å². The maximum atomic E-state index is 11.4. The van der Waals surface area contributed by atoms with Crippen LogP contribution in [0, 0.1) is 5.41 Å². The molecule has 2 aromatic carbocycles. The Morgan fingerprint density at radius 3 is 2.45 bits per heavy atom. The molecule has 0 amide bonds. The summed E-state index contributed by atoms with van der Waals surface area (Å²) < 4.78 is 11.1. The summed E-state index contributed by atoms with van der Waals surface area (Å²) in [5, 5.41) is 14.0. The summed E-state index contributed by atoms with van der Waals surface area (Å²) in [6, 6.07) is 13.4. The highest BCUT2D eigenvalue weighted by atomic mass is 35.5. The smallest absolute Gasteiger partial charge is 0.309 e. The van der Waals surface area contributed by atoms with Crippen LogP contribution in [0.5, 0.6) is 5.75 Å². The van der Waals surface area contributed by atoms with Crippen molar-refractivity contribution in [3.05, 3.63) is 53.1 Å². The monoisotopic (exact) mass is 469 g/mol. The summed E-state index contributed by atoms with van der Waals surface area (Å²) in [5.74, 6) is 0.812. The van der Waals surface area contributed by atoms with Crippen molar-refractivity contribution < 1.29 is 19.2 Å². The number of benzene rings is 2. The van der Waals surface area contributed by atoms with Gasteiger partial charge in [0.15, 0.2) is 0 Å². The Labute approximate surface area is 198 Å². The predicted molar refractivity (Wildman–Crippen MR) is 126 cm³/mol. The van der Waals surface area contributed by atoms with E-state index in [0.717, 1.165) is 36.3 Å². The van der Waals surface area contributed by atoms with Gasteiger partial charge in [-0.25, -0.2) is 0 Å². The molecule has 1 saturated heterocycles. The lowest BCUT2D eigenvalue weighted by molar-refractivity contribution is -0.150. The topological polar surface area (TPSA) is 88.7 Å². The molecule has 0 saturated carbocycles. The number of likely N-dealkylation sites (tertiary alicyclic amines) is 1. The molecular formula is C25H28ClN3O4. The van der Waals surface area contributed by atoms with Crippen molar-refractivity contribution in [3.63, 3.8) is 0 Å². The molecule has 1 N–H and O–H groups in total. The van der Waals surface area contributed by atoms with Crippen LogP contribution >= 0.6 is 11.6 Å². The van der Waals surface area contributed by atoms with Crippen LogP contribution in [0.15, 0.2) is 47.0 Å². The molecule has 0 radical (unpaired) electrons. The third kappa shape index (κ3) is 5.37. The molecule has 33 heavy (non-hydrogen) atoms. The first-order valence-corrected chi connectivity index (χ1v) is 11.5. The lowest BCUT2D eigenvalue weighted by atomic mass is 9.80. The van der Waals surface area contributed by atoms with Gasteiger partial charge in [-0.3, -0.25) is 9.69 Å². The van der Waals surface area contributed by atoms with Crippen LogP contribution in [0.4, 0.5) is 0 Å². The maximum Gasteiger partial charge on any atom is 0.309 e. The van der Waals surface area contributed by atoms with Gasteiger partial charge in [-0.15, -0.1) is 0 Å². The number of ether oxygens (including phenoxy) is 1. The molecule has 0 unspecified atom stereocenters. The molecule has 1 aliphatic heterocycles. The summed E-state index contributed by atoms with van der Waals surface area (Å²) in [7, 11) is 0. The van der Waals surface area contributed by atoms with Gasteiger partial charge >= 0.3 is 5.97 Å². The lowest BCUT2D eigenvalue weighted by Gasteiger charge is -2.36. The molecule has 1 aromatic heterocycles. The minimum atomic E-state index is -0.701. The van der Waals surface area contributed by atoms with Crippen LogP contribution in [0.25, 0.3) is 22.8 Å². The van der Waals surface area contributed by atoms with Crippen molar-refractivity contribution in [2.24, 2.45) is 5.41 Å². The minimum absolute atomic E-state index is 0.0335. The van der Waals surface area contributed by atoms with E-state index in [1.54, 1.807) is 12.1 Å². The number of piperidine rings is 1. The van der Waals surface area contributed by atoms with E-state index in [2.05, 4.69) is 15.0 Å². The number of hydrogen-bond donors (Lipinski definition) is 1. The molecule has 1 aliphatic rings. The minimum Gasteiger partial charge on any atom is -0.489 e. The first-order valence-electron chi connectivity index (χ1n) is 11.1. The van der Waals surface area contributed by atoms with Crippen molar-refractivity contribution in [3.8, 4) is 28.6 Å². The summed E-state index contributed by atoms with van der Waals surface area (Å²) in [4.78, 5) is 18.2. The van der Waals surface area contributed by atoms with Crippen molar-refractivity contribution in [1.82, 2.24) is 15.0 Å². The van der Waals surface area contributed by atoms with E-state index >= 15 is 0 Å². The highest BCUT2D eigenvalue weighted by molar-refractivity contribution is 6.32. The zero-order valence-corrected chi connectivity index (χ0v) is 19.8. The molecule has 0 spiro atoms. The Morgan fingerprint density at radius 1 is 1.18 bits per heavy atom. The first-order chi connectivity index (χ1) is 15.7. The molecule has 1 fully saturated rings. The number of nitrogens with zero attached hydrogens (tertiary/aromatic N) is 3. The molecular weight excluding hydrogens is 442 g/mol. The van der Waals surface area contributed by atoms with Gasteiger partial charge in [0.1, 0.15) is 5.75 Å². The quantitative estimate of drug-likeness (QED) is 0.486. The molecule has 0 bridgehead atoms. The van der Waals surface area contributed by atoms with Gasteiger partial charge in [-0.2, -0.15) is 4.98 Å². The predicted octanol–water partition coefficient (Wildman–Crippen LogP) is 5.53. The molecule has 0 atom stereocenters. The van der Waals surface area contributed by atoms with Gasteiger partial charge in [-0.1, -0.05) is 41.0 Å². The molecule has 2 heterocycles. The fourth-order valence-electron chi connectivity index (χ4n) is 3.88. The van der Waals surface area contributed by atoms with Gasteiger partial charge in [0.05, 0.1) is 16.5 Å². The summed E-state index contributed by atoms with van der Waals surface area (Å²) in [5.41, 5.74) is 2.14. The number of aromatic nitrogens is 2. The third-order valence-electron chi connectivity index (χ3n) is 6.06. The zero-order chi connectivity index (χ0) is 23.6. The van der Waals surface area contributed by atoms with Crippen molar-refractivity contribution in [1.29, 1.82) is 0 Å². The third-order valence-corrected chi connectivity index (χ3v) is 6.36. The van der Waals surface area contributed by atoms with Crippen LogP contribution in [0.1, 0.15) is 39.2 Å². The van der Waals surface area contributed by atoms with E-state index in [-0.39, 0.29) is 6.10 Å². The second-order valence-corrected chi connectivity index (χ2v) is 9.48. The van der Waals surface area contributed by atoms with Gasteiger partial charge in [0.2, 0.25) is 5.82 Å². The fourth-order valence-corrected chi connectivity index (χ4v) is 4.10. The Bertz CT molecular complexity index is 1120. The SMILES string of the molecule is CC(C)Oc1ccc(-c2nc(-c3ccc(CN4CCC(C)(C(=O)O)CC4)cc3)no2)cc1Cl. The number of carboxylic acids is 1. The summed E-state index contributed by atoms with van der Waals surface area (Å²) >= 11 is 6.33.